The molecule has 1 fully saturated rings. The van der Waals surface area contributed by atoms with E-state index >= 15 is 0 Å². The van der Waals surface area contributed by atoms with Gasteiger partial charge in [0.15, 0.2) is 5.96 Å². The molecule has 0 saturated carbocycles. The van der Waals surface area contributed by atoms with E-state index in [4.69, 9.17) is 5.73 Å². The van der Waals surface area contributed by atoms with Gasteiger partial charge in [-0.25, -0.2) is 4.99 Å². The number of nitrogens with zero attached hydrogens (tertiary/aromatic N) is 2. The number of benzene rings is 1. The van der Waals surface area contributed by atoms with Gasteiger partial charge in [0.25, 0.3) is 0 Å². The van der Waals surface area contributed by atoms with E-state index < -0.39 is 0 Å². The van der Waals surface area contributed by atoms with Crippen molar-refractivity contribution in [3.63, 3.8) is 0 Å². The van der Waals surface area contributed by atoms with E-state index in [2.05, 4.69) is 35.9 Å². The molecule has 0 spiro atoms. The zero-order chi connectivity index (χ0) is 13.7. The van der Waals surface area contributed by atoms with Crippen LogP contribution in [-0.4, -0.2) is 23.9 Å². The van der Waals surface area contributed by atoms with Crippen LogP contribution in [0.3, 0.4) is 0 Å². The Hall–Kier alpha value is -1.51. The van der Waals surface area contributed by atoms with Crippen molar-refractivity contribution in [2.75, 3.05) is 13.1 Å². The fraction of sp³-hybridized carbons (Fsp3) is 0.562. The van der Waals surface area contributed by atoms with Crippen LogP contribution >= 0.6 is 0 Å². The molecule has 0 atom stereocenters. The summed E-state index contributed by atoms with van der Waals surface area (Å²) in [6.45, 7) is 7.42. The van der Waals surface area contributed by atoms with E-state index in [-0.39, 0.29) is 0 Å². The Morgan fingerprint density at radius 3 is 2.68 bits per heavy atom. The fourth-order valence-corrected chi connectivity index (χ4v) is 2.51. The molecule has 1 aromatic rings. The van der Waals surface area contributed by atoms with Gasteiger partial charge in [-0.1, -0.05) is 44.2 Å². The van der Waals surface area contributed by atoms with Gasteiger partial charge in [0, 0.05) is 13.1 Å². The molecule has 0 amide bonds. The summed E-state index contributed by atoms with van der Waals surface area (Å²) < 4.78 is 0. The van der Waals surface area contributed by atoms with Gasteiger partial charge >= 0.3 is 0 Å². The summed E-state index contributed by atoms with van der Waals surface area (Å²) >= 11 is 0. The Kier molecular flexibility index (Phi) is 4.46. The molecule has 1 aliphatic rings. The van der Waals surface area contributed by atoms with Crippen LogP contribution in [0.4, 0.5) is 0 Å². The average Bonchev–Trinajstić information content (AvgIpc) is 2.58. The van der Waals surface area contributed by atoms with Crippen molar-refractivity contribution in [2.24, 2.45) is 16.1 Å². The van der Waals surface area contributed by atoms with Crippen LogP contribution in [0.5, 0.6) is 0 Å². The summed E-state index contributed by atoms with van der Waals surface area (Å²) in [4.78, 5) is 6.76. The minimum absolute atomic E-state index is 0.439. The SMILES string of the molecule is CC1(C)CCCN(C(N)=NCc2ccccc2)CC1. The highest BCUT2D eigenvalue weighted by Crippen LogP contribution is 2.29. The maximum atomic E-state index is 6.13. The molecular weight excluding hydrogens is 234 g/mol. The number of guanidine groups is 1. The van der Waals surface area contributed by atoms with Crippen LogP contribution in [0.15, 0.2) is 35.3 Å². The van der Waals surface area contributed by atoms with Gasteiger partial charge in [0.05, 0.1) is 6.54 Å². The van der Waals surface area contributed by atoms with Crippen molar-refractivity contribution in [2.45, 2.75) is 39.7 Å². The smallest absolute Gasteiger partial charge is 0.191 e. The minimum atomic E-state index is 0.439. The molecule has 0 aliphatic carbocycles. The molecule has 3 nitrogen and oxygen atoms in total. The predicted molar refractivity (Wildman–Crippen MR) is 81.0 cm³/mol. The molecule has 1 saturated heterocycles. The molecule has 1 heterocycles. The molecule has 0 radical (unpaired) electrons. The topological polar surface area (TPSA) is 41.6 Å². The lowest BCUT2D eigenvalue weighted by Crippen LogP contribution is -2.38. The third-order valence-corrected chi connectivity index (χ3v) is 3.93. The second kappa shape index (κ2) is 6.09. The monoisotopic (exact) mass is 259 g/mol. The van der Waals surface area contributed by atoms with E-state index in [9.17, 15) is 0 Å². The number of likely N-dealkylation sites (tertiary alicyclic amines) is 1. The standard InChI is InChI=1S/C16H25N3/c1-16(2)9-6-11-19(12-10-16)15(17)18-13-14-7-4-3-5-8-14/h3-5,7-8H,6,9-13H2,1-2H3,(H2,17,18). The lowest BCUT2D eigenvalue weighted by molar-refractivity contribution is 0.313. The third kappa shape index (κ3) is 4.27. The first-order valence-electron chi connectivity index (χ1n) is 7.16. The van der Waals surface area contributed by atoms with Crippen LogP contribution in [0, 0.1) is 5.41 Å². The maximum Gasteiger partial charge on any atom is 0.191 e. The zero-order valence-corrected chi connectivity index (χ0v) is 12.1. The molecule has 19 heavy (non-hydrogen) atoms. The summed E-state index contributed by atoms with van der Waals surface area (Å²) in [5.41, 5.74) is 7.78. The molecule has 0 unspecified atom stereocenters. The van der Waals surface area contributed by atoms with Gasteiger partial charge in [-0.2, -0.15) is 0 Å². The highest BCUT2D eigenvalue weighted by molar-refractivity contribution is 5.78. The van der Waals surface area contributed by atoms with Crippen molar-refractivity contribution in [3.8, 4) is 0 Å². The van der Waals surface area contributed by atoms with Gasteiger partial charge in [0.2, 0.25) is 0 Å². The average molecular weight is 259 g/mol. The first-order valence-corrected chi connectivity index (χ1v) is 7.16. The van der Waals surface area contributed by atoms with Crippen LogP contribution < -0.4 is 5.73 Å². The van der Waals surface area contributed by atoms with Gasteiger partial charge in [-0.15, -0.1) is 0 Å². The van der Waals surface area contributed by atoms with E-state index in [1.54, 1.807) is 0 Å². The predicted octanol–water partition coefficient (Wildman–Crippen LogP) is 3.01. The molecule has 2 N–H and O–H groups in total. The molecule has 2 rings (SSSR count). The van der Waals surface area contributed by atoms with Crippen LogP contribution in [0.2, 0.25) is 0 Å². The lowest BCUT2D eigenvalue weighted by Gasteiger charge is -2.24. The third-order valence-electron chi connectivity index (χ3n) is 3.93. The van der Waals surface area contributed by atoms with E-state index in [1.807, 2.05) is 18.2 Å². The Bertz CT molecular complexity index is 423. The Balaban J connectivity index is 1.93. The largest absolute Gasteiger partial charge is 0.370 e. The Labute approximate surface area is 116 Å². The summed E-state index contributed by atoms with van der Waals surface area (Å²) in [5.74, 6) is 0.696. The van der Waals surface area contributed by atoms with Crippen LogP contribution in [0.25, 0.3) is 0 Å². The normalized spacial score (nSPS) is 20.1. The first-order chi connectivity index (χ1) is 9.07. The van der Waals surface area contributed by atoms with Gasteiger partial charge < -0.3 is 10.6 Å². The second-order valence-corrected chi connectivity index (χ2v) is 6.16. The minimum Gasteiger partial charge on any atom is -0.370 e. The molecule has 0 aromatic heterocycles. The van der Waals surface area contributed by atoms with Crippen LogP contribution in [-0.2, 0) is 6.54 Å². The number of hydrogen-bond acceptors (Lipinski definition) is 1. The Morgan fingerprint density at radius 1 is 1.21 bits per heavy atom. The second-order valence-electron chi connectivity index (χ2n) is 6.16. The number of rotatable bonds is 2. The fourth-order valence-electron chi connectivity index (χ4n) is 2.51. The quantitative estimate of drug-likeness (QED) is 0.655. The molecule has 1 aromatic carbocycles. The number of nitrogens with two attached hydrogens (primary N) is 1. The first kappa shape index (κ1) is 13.9. The zero-order valence-electron chi connectivity index (χ0n) is 12.1. The molecule has 1 aliphatic heterocycles. The van der Waals surface area contributed by atoms with E-state index in [0.29, 0.717) is 17.9 Å². The van der Waals surface area contributed by atoms with Crippen molar-refractivity contribution in [1.29, 1.82) is 0 Å². The molecule has 0 bridgehead atoms. The summed E-state index contributed by atoms with van der Waals surface area (Å²) in [7, 11) is 0. The number of hydrogen-bond donors (Lipinski definition) is 1. The van der Waals surface area contributed by atoms with E-state index in [1.165, 1.54) is 24.8 Å². The van der Waals surface area contributed by atoms with Gasteiger partial charge in [0.1, 0.15) is 0 Å². The highest BCUT2D eigenvalue weighted by Gasteiger charge is 2.23. The van der Waals surface area contributed by atoms with Gasteiger partial charge in [-0.05, 0) is 30.2 Å². The summed E-state index contributed by atoms with van der Waals surface area (Å²) in [5, 5.41) is 0. The molecular formula is C16H25N3. The van der Waals surface area contributed by atoms with Crippen molar-refractivity contribution < 1.29 is 0 Å². The molecule has 104 valence electrons. The van der Waals surface area contributed by atoms with Crippen LogP contribution in [0.1, 0.15) is 38.7 Å². The van der Waals surface area contributed by atoms with Crippen molar-refractivity contribution in [1.82, 2.24) is 4.90 Å². The number of aliphatic imine (C=N–C) groups is 1. The summed E-state index contributed by atoms with van der Waals surface area (Å²) in [6, 6.07) is 10.3. The Morgan fingerprint density at radius 2 is 1.95 bits per heavy atom. The molecule has 3 heteroatoms. The van der Waals surface area contributed by atoms with Crippen molar-refractivity contribution in [3.05, 3.63) is 35.9 Å². The van der Waals surface area contributed by atoms with Crippen molar-refractivity contribution >= 4 is 5.96 Å². The lowest BCUT2D eigenvalue weighted by atomic mass is 9.85. The maximum absolute atomic E-state index is 6.13. The van der Waals surface area contributed by atoms with Gasteiger partial charge in [-0.3, -0.25) is 0 Å². The highest BCUT2D eigenvalue weighted by atomic mass is 15.2. The van der Waals surface area contributed by atoms with E-state index in [0.717, 1.165) is 13.1 Å². The summed E-state index contributed by atoms with van der Waals surface area (Å²) in [6.07, 6.45) is 3.67.